The van der Waals surface area contributed by atoms with Crippen molar-refractivity contribution in [1.29, 1.82) is 0 Å². The Kier molecular flexibility index (Phi) is 5.40. The van der Waals surface area contributed by atoms with Crippen LogP contribution in [0.2, 0.25) is 0 Å². The van der Waals surface area contributed by atoms with E-state index >= 15 is 0 Å². The van der Waals surface area contributed by atoms with Crippen LogP contribution in [0.25, 0.3) is 0 Å². The highest BCUT2D eigenvalue weighted by atomic mass is 32.1. The van der Waals surface area contributed by atoms with Crippen molar-refractivity contribution >= 4 is 17.2 Å². The molecule has 0 saturated heterocycles. The number of pyridine rings is 1. The number of hydrogen-bond donors (Lipinski definition) is 1. The number of aryl methyl sites for hydroxylation is 3. The first-order chi connectivity index (χ1) is 12.1. The van der Waals surface area contributed by atoms with E-state index in [0.29, 0.717) is 6.54 Å². The highest BCUT2D eigenvalue weighted by Gasteiger charge is 2.11. The third kappa shape index (κ3) is 4.42. The Morgan fingerprint density at radius 3 is 2.76 bits per heavy atom. The van der Waals surface area contributed by atoms with E-state index in [1.54, 1.807) is 30.6 Å². The molecule has 0 spiro atoms. The van der Waals surface area contributed by atoms with Crippen LogP contribution in [0.3, 0.4) is 0 Å². The van der Waals surface area contributed by atoms with Crippen LogP contribution in [0.1, 0.15) is 26.6 Å². The van der Waals surface area contributed by atoms with E-state index < -0.39 is 0 Å². The number of hydrogen-bond acceptors (Lipinski definition) is 4. The minimum atomic E-state index is -0.375. The molecule has 5 nitrogen and oxygen atoms in total. The lowest BCUT2D eigenvalue weighted by molar-refractivity contribution is 0.0948. The zero-order valence-corrected chi connectivity index (χ0v) is 14.8. The third-order valence-electron chi connectivity index (χ3n) is 3.87. The van der Waals surface area contributed by atoms with E-state index in [9.17, 15) is 9.59 Å². The summed E-state index contributed by atoms with van der Waals surface area (Å²) in [6.07, 6.45) is 3.45. The zero-order valence-electron chi connectivity index (χ0n) is 13.9. The van der Waals surface area contributed by atoms with Gasteiger partial charge in [-0.1, -0.05) is 30.3 Å². The third-order valence-corrected chi connectivity index (χ3v) is 4.83. The van der Waals surface area contributed by atoms with Crippen molar-refractivity contribution in [1.82, 2.24) is 14.9 Å². The maximum absolute atomic E-state index is 12.2. The SMILES string of the molecule is Cn1cccc(C(=O)NCc2csc(CCc3ccccc3)n2)c1=O. The molecule has 2 heterocycles. The van der Waals surface area contributed by atoms with Crippen LogP contribution in [-0.4, -0.2) is 15.5 Å². The number of carbonyl (C=O) groups is 1. The lowest BCUT2D eigenvalue weighted by atomic mass is 10.1. The Morgan fingerprint density at radius 2 is 1.96 bits per heavy atom. The number of carbonyl (C=O) groups excluding carboxylic acids is 1. The summed E-state index contributed by atoms with van der Waals surface area (Å²) in [7, 11) is 1.62. The molecule has 1 N–H and O–H groups in total. The minimum Gasteiger partial charge on any atom is -0.346 e. The summed E-state index contributed by atoms with van der Waals surface area (Å²) in [5.74, 6) is -0.375. The van der Waals surface area contributed by atoms with Gasteiger partial charge in [-0.2, -0.15) is 0 Å². The molecule has 0 bridgehead atoms. The number of nitrogens with one attached hydrogen (secondary N) is 1. The molecule has 3 rings (SSSR count). The fourth-order valence-corrected chi connectivity index (χ4v) is 3.28. The number of rotatable bonds is 6. The van der Waals surface area contributed by atoms with Gasteiger partial charge in [-0.3, -0.25) is 9.59 Å². The number of aromatic nitrogens is 2. The quantitative estimate of drug-likeness (QED) is 0.741. The summed E-state index contributed by atoms with van der Waals surface area (Å²) < 4.78 is 1.39. The van der Waals surface area contributed by atoms with E-state index in [1.165, 1.54) is 16.2 Å². The number of thiazole rings is 1. The van der Waals surface area contributed by atoms with Gasteiger partial charge in [-0.25, -0.2) is 4.98 Å². The Hall–Kier alpha value is -2.73. The zero-order chi connectivity index (χ0) is 17.6. The standard InChI is InChI=1S/C19H19N3O2S/c1-22-11-5-8-16(19(22)24)18(23)20-12-15-13-25-17(21-15)10-9-14-6-3-2-4-7-14/h2-8,11,13H,9-10,12H2,1H3,(H,20,23). The van der Waals surface area contributed by atoms with Crippen LogP contribution in [0.4, 0.5) is 0 Å². The predicted octanol–water partition coefficient (Wildman–Crippen LogP) is 2.56. The fraction of sp³-hybridized carbons (Fsp3) is 0.211. The van der Waals surface area contributed by atoms with Gasteiger partial charge in [-0.15, -0.1) is 11.3 Å². The van der Waals surface area contributed by atoms with Gasteiger partial charge < -0.3 is 9.88 Å². The van der Waals surface area contributed by atoms with Gasteiger partial charge >= 0.3 is 0 Å². The molecule has 1 aromatic carbocycles. The molecule has 0 saturated carbocycles. The van der Waals surface area contributed by atoms with Gasteiger partial charge in [-0.05, 0) is 24.1 Å². The summed E-state index contributed by atoms with van der Waals surface area (Å²) in [6, 6.07) is 13.5. The number of benzene rings is 1. The molecule has 128 valence electrons. The largest absolute Gasteiger partial charge is 0.346 e. The van der Waals surface area contributed by atoms with E-state index in [1.807, 2.05) is 23.6 Å². The van der Waals surface area contributed by atoms with Crippen LogP contribution in [0.5, 0.6) is 0 Å². The topological polar surface area (TPSA) is 64.0 Å². The Balaban J connectivity index is 1.55. The molecular formula is C19H19N3O2S. The summed E-state index contributed by atoms with van der Waals surface area (Å²) >= 11 is 1.59. The molecule has 0 atom stereocenters. The molecule has 2 aromatic heterocycles. The van der Waals surface area contributed by atoms with Crippen molar-refractivity contribution < 1.29 is 4.79 Å². The molecule has 0 aliphatic heterocycles. The molecule has 0 aliphatic rings. The number of amides is 1. The second kappa shape index (κ2) is 7.90. The van der Waals surface area contributed by atoms with E-state index in [-0.39, 0.29) is 17.0 Å². The van der Waals surface area contributed by atoms with Crippen molar-refractivity contribution in [3.05, 3.63) is 86.2 Å². The maximum Gasteiger partial charge on any atom is 0.263 e. The summed E-state index contributed by atoms with van der Waals surface area (Å²) in [4.78, 5) is 28.6. The minimum absolute atomic E-state index is 0.143. The lowest BCUT2D eigenvalue weighted by Crippen LogP contribution is -2.31. The second-order valence-corrected chi connectivity index (χ2v) is 6.68. The monoisotopic (exact) mass is 353 g/mol. The van der Waals surface area contributed by atoms with Crippen LogP contribution in [0.15, 0.2) is 58.8 Å². The van der Waals surface area contributed by atoms with Gasteiger partial charge in [0.1, 0.15) is 5.56 Å². The molecule has 0 fully saturated rings. The highest BCUT2D eigenvalue weighted by molar-refractivity contribution is 7.09. The summed E-state index contributed by atoms with van der Waals surface area (Å²) in [5, 5.41) is 5.76. The van der Waals surface area contributed by atoms with Gasteiger partial charge in [0.15, 0.2) is 0 Å². The van der Waals surface area contributed by atoms with Crippen molar-refractivity contribution in [2.24, 2.45) is 7.05 Å². The average Bonchev–Trinajstić information content (AvgIpc) is 3.09. The summed E-state index contributed by atoms with van der Waals surface area (Å²) in [5.41, 5.74) is 1.94. The van der Waals surface area contributed by atoms with E-state index in [2.05, 4.69) is 22.4 Å². The van der Waals surface area contributed by atoms with E-state index in [4.69, 9.17) is 0 Å². The Bertz CT molecular complexity index is 916. The maximum atomic E-state index is 12.2. The predicted molar refractivity (Wildman–Crippen MR) is 98.8 cm³/mol. The average molecular weight is 353 g/mol. The van der Waals surface area contributed by atoms with Crippen LogP contribution >= 0.6 is 11.3 Å². The highest BCUT2D eigenvalue weighted by Crippen LogP contribution is 2.13. The Morgan fingerprint density at radius 1 is 1.16 bits per heavy atom. The molecule has 25 heavy (non-hydrogen) atoms. The lowest BCUT2D eigenvalue weighted by Gasteiger charge is -2.04. The van der Waals surface area contributed by atoms with E-state index in [0.717, 1.165) is 23.5 Å². The van der Waals surface area contributed by atoms with Crippen molar-refractivity contribution in [3.63, 3.8) is 0 Å². The van der Waals surface area contributed by atoms with Gasteiger partial charge in [0.05, 0.1) is 17.2 Å². The molecule has 0 radical (unpaired) electrons. The second-order valence-electron chi connectivity index (χ2n) is 5.74. The first kappa shape index (κ1) is 17.1. The first-order valence-electron chi connectivity index (χ1n) is 8.04. The Labute approximate surface area is 150 Å². The molecule has 3 aromatic rings. The molecule has 0 aliphatic carbocycles. The van der Waals surface area contributed by atoms with Gasteiger partial charge in [0.2, 0.25) is 0 Å². The normalized spacial score (nSPS) is 10.6. The van der Waals surface area contributed by atoms with Crippen LogP contribution in [0, 0.1) is 0 Å². The van der Waals surface area contributed by atoms with Crippen molar-refractivity contribution in [2.45, 2.75) is 19.4 Å². The van der Waals surface area contributed by atoms with Gasteiger partial charge in [0, 0.05) is 25.0 Å². The van der Waals surface area contributed by atoms with Gasteiger partial charge in [0.25, 0.3) is 11.5 Å². The first-order valence-corrected chi connectivity index (χ1v) is 8.92. The van der Waals surface area contributed by atoms with Crippen LogP contribution in [-0.2, 0) is 26.4 Å². The molecule has 6 heteroatoms. The molecule has 1 amide bonds. The van der Waals surface area contributed by atoms with Crippen LogP contribution < -0.4 is 10.9 Å². The summed E-state index contributed by atoms with van der Waals surface area (Å²) in [6.45, 7) is 0.318. The van der Waals surface area contributed by atoms with Crippen molar-refractivity contribution in [2.75, 3.05) is 0 Å². The number of nitrogens with zero attached hydrogens (tertiary/aromatic N) is 2. The molecular weight excluding hydrogens is 334 g/mol. The smallest absolute Gasteiger partial charge is 0.263 e. The van der Waals surface area contributed by atoms with Crippen molar-refractivity contribution in [3.8, 4) is 0 Å². The molecule has 0 unspecified atom stereocenters. The fourth-order valence-electron chi connectivity index (χ4n) is 2.48.